The minimum atomic E-state index is -3.64. The standard InChI is InChI=1S/C19H27N3O3S/c23-19(15-7-3-1-4-8-15)21-16-10-12-17(13-11-16)26(24,25)22-18-9-5-2-6-14-20-18/h10-13,15H,1-9,14H2,(H,20,22)(H,21,23). The second kappa shape index (κ2) is 8.66. The van der Waals surface area contributed by atoms with E-state index in [1.807, 2.05) is 0 Å². The minimum absolute atomic E-state index is 0.0336. The van der Waals surface area contributed by atoms with E-state index >= 15 is 0 Å². The highest BCUT2D eigenvalue weighted by Gasteiger charge is 2.21. The lowest BCUT2D eigenvalue weighted by molar-refractivity contribution is -0.120. The Bertz CT molecular complexity index is 751. The van der Waals surface area contributed by atoms with Crippen molar-refractivity contribution in [3.05, 3.63) is 24.3 Å². The van der Waals surface area contributed by atoms with E-state index < -0.39 is 10.0 Å². The van der Waals surface area contributed by atoms with Crippen molar-refractivity contribution < 1.29 is 13.2 Å². The zero-order valence-electron chi connectivity index (χ0n) is 15.0. The quantitative estimate of drug-likeness (QED) is 0.842. The predicted octanol–water partition coefficient (Wildman–Crippen LogP) is 3.46. The number of aliphatic imine (C=N–C) groups is 1. The number of sulfonamides is 1. The summed E-state index contributed by atoms with van der Waals surface area (Å²) in [6.07, 6.45) is 8.96. The van der Waals surface area contributed by atoms with E-state index in [1.54, 1.807) is 12.1 Å². The second-order valence-electron chi connectivity index (χ2n) is 7.09. The van der Waals surface area contributed by atoms with Gasteiger partial charge in [-0.25, -0.2) is 8.42 Å². The van der Waals surface area contributed by atoms with E-state index in [0.717, 1.165) is 44.9 Å². The Morgan fingerprint density at radius 2 is 1.65 bits per heavy atom. The van der Waals surface area contributed by atoms with Crippen LogP contribution in [0.5, 0.6) is 0 Å². The van der Waals surface area contributed by atoms with Crippen LogP contribution in [0.4, 0.5) is 5.69 Å². The van der Waals surface area contributed by atoms with Crippen LogP contribution in [-0.4, -0.2) is 26.7 Å². The molecule has 2 aliphatic rings. The van der Waals surface area contributed by atoms with Crippen molar-refractivity contribution in [3.63, 3.8) is 0 Å². The fourth-order valence-corrected chi connectivity index (χ4v) is 4.59. The number of anilines is 1. The van der Waals surface area contributed by atoms with Gasteiger partial charge in [0.2, 0.25) is 5.91 Å². The van der Waals surface area contributed by atoms with Crippen LogP contribution >= 0.6 is 0 Å². The van der Waals surface area contributed by atoms with E-state index in [2.05, 4.69) is 15.0 Å². The number of nitrogens with one attached hydrogen (secondary N) is 2. The molecular weight excluding hydrogens is 350 g/mol. The van der Waals surface area contributed by atoms with Crippen molar-refractivity contribution in [2.75, 3.05) is 11.9 Å². The SMILES string of the molecule is O=C(Nc1ccc(S(=O)(=O)NC2=NCCCCC2)cc1)C1CCCCC1. The van der Waals surface area contributed by atoms with Crippen LogP contribution < -0.4 is 10.0 Å². The summed E-state index contributed by atoms with van der Waals surface area (Å²) in [5.74, 6) is 0.644. The largest absolute Gasteiger partial charge is 0.326 e. The molecule has 3 rings (SSSR count). The van der Waals surface area contributed by atoms with Crippen LogP contribution in [0.2, 0.25) is 0 Å². The molecule has 1 aromatic rings. The summed E-state index contributed by atoms with van der Waals surface area (Å²) in [6.45, 7) is 0.671. The molecule has 1 heterocycles. The van der Waals surface area contributed by atoms with E-state index in [-0.39, 0.29) is 16.7 Å². The van der Waals surface area contributed by atoms with Gasteiger partial charge in [-0.1, -0.05) is 25.7 Å². The van der Waals surface area contributed by atoms with Crippen molar-refractivity contribution in [1.82, 2.24) is 4.72 Å². The van der Waals surface area contributed by atoms with Crippen molar-refractivity contribution in [2.24, 2.45) is 10.9 Å². The van der Waals surface area contributed by atoms with Crippen molar-refractivity contribution >= 4 is 27.5 Å². The monoisotopic (exact) mass is 377 g/mol. The Morgan fingerprint density at radius 3 is 2.38 bits per heavy atom. The summed E-state index contributed by atoms with van der Waals surface area (Å²) in [6, 6.07) is 6.33. The lowest BCUT2D eigenvalue weighted by Gasteiger charge is -2.20. The molecule has 2 N–H and O–H groups in total. The molecule has 1 aliphatic heterocycles. The van der Waals surface area contributed by atoms with Gasteiger partial charge < -0.3 is 5.32 Å². The molecular formula is C19H27N3O3S. The van der Waals surface area contributed by atoms with Gasteiger partial charge in [0.1, 0.15) is 5.84 Å². The molecule has 0 radical (unpaired) electrons. The molecule has 0 spiro atoms. The lowest BCUT2D eigenvalue weighted by Crippen LogP contribution is -2.30. The molecule has 1 fully saturated rings. The van der Waals surface area contributed by atoms with E-state index in [0.29, 0.717) is 24.5 Å². The molecule has 0 saturated heterocycles. The highest BCUT2D eigenvalue weighted by atomic mass is 32.2. The number of hydrogen-bond acceptors (Lipinski definition) is 4. The summed E-state index contributed by atoms with van der Waals surface area (Å²) >= 11 is 0. The molecule has 1 saturated carbocycles. The van der Waals surface area contributed by atoms with Crippen LogP contribution in [0.15, 0.2) is 34.2 Å². The molecule has 7 heteroatoms. The maximum absolute atomic E-state index is 12.5. The summed E-state index contributed by atoms with van der Waals surface area (Å²) < 4.78 is 27.6. The number of amidine groups is 1. The number of hydrogen-bond donors (Lipinski definition) is 2. The number of rotatable bonds is 4. The Labute approximate surface area is 155 Å². The average Bonchev–Trinajstić information content (AvgIpc) is 2.91. The van der Waals surface area contributed by atoms with Gasteiger partial charge in [0, 0.05) is 24.6 Å². The summed E-state index contributed by atoms with van der Waals surface area (Å²) in [5, 5.41) is 2.90. The van der Waals surface area contributed by atoms with Crippen molar-refractivity contribution in [3.8, 4) is 0 Å². The zero-order valence-corrected chi connectivity index (χ0v) is 15.9. The van der Waals surface area contributed by atoms with Crippen LogP contribution in [0, 0.1) is 5.92 Å². The molecule has 1 amide bonds. The first-order chi connectivity index (χ1) is 12.5. The summed E-state index contributed by atoms with van der Waals surface area (Å²) in [7, 11) is -3.64. The van der Waals surface area contributed by atoms with Crippen LogP contribution in [0.25, 0.3) is 0 Å². The molecule has 6 nitrogen and oxygen atoms in total. The van der Waals surface area contributed by atoms with E-state index in [9.17, 15) is 13.2 Å². The normalized spacial score (nSPS) is 19.3. The van der Waals surface area contributed by atoms with Crippen LogP contribution in [-0.2, 0) is 14.8 Å². The van der Waals surface area contributed by atoms with E-state index in [4.69, 9.17) is 0 Å². The molecule has 1 aromatic carbocycles. The van der Waals surface area contributed by atoms with Gasteiger partial charge in [0.05, 0.1) is 4.90 Å². The van der Waals surface area contributed by atoms with Gasteiger partial charge in [-0.05, 0) is 49.9 Å². The van der Waals surface area contributed by atoms with Gasteiger partial charge in [-0.3, -0.25) is 14.5 Å². The van der Waals surface area contributed by atoms with Gasteiger partial charge in [-0.15, -0.1) is 0 Å². The number of carbonyl (C=O) groups is 1. The molecule has 0 unspecified atom stereocenters. The van der Waals surface area contributed by atoms with Gasteiger partial charge in [-0.2, -0.15) is 0 Å². The van der Waals surface area contributed by atoms with Crippen molar-refractivity contribution in [1.29, 1.82) is 0 Å². The Hall–Kier alpha value is -1.89. The van der Waals surface area contributed by atoms with Crippen molar-refractivity contribution in [2.45, 2.75) is 62.7 Å². The lowest BCUT2D eigenvalue weighted by atomic mass is 9.88. The average molecular weight is 378 g/mol. The maximum Gasteiger partial charge on any atom is 0.262 e. The fourth-order valence-electron chi connectivity index (χ4n) is 3.50. The molecule has 1 aliphatic carbocycles. The zero-order chi connectivity index (χ0) is 18.4. The third-order valence-electron chi connectivity index (χ3n) is 5.03. The number of benzene rings is 1. The first kappa shape index (κ1) is 18.9. The van der Waals surface area contributed by atoms with Crippen LogP contribution in [0.3, 0.4) is 0 Å². The predicted molar refractivity (Wildman–Crippen MR) is 103 cm³/mol. The molecule has 0 bridgehead atoms. The number of carbonyl (C=O) groups excluding carboxylic acids is 1. The Kier molecular flexibility index (Phi) is 6.29. The third kappa shape index (κ3) is 5.06. The van der Waals surface area contributed by atoms with Gasteiger partial charge >= 0.3 is 0 Å². The molecule has 142 valence electrons. The maximum atomic E-state index is 12.5. The Balaban J connectivity index is 1.62. The molecule has 0 atom stereocenters. The van der Waals surface area contributed by atoms with Crippen LogP contribution in [0.1, 0.15) is 57.8 Å². The topological polar surface area (TPSA) is 87.6 Å². The highest BCUT2D eigenvalue weighted by molar-refractivity contribution is 7.90. The second-order valence-corrected chi connectivity index (χ2v) is 8.78. The molecule has 0 aromatic heterocycles. The first-order valence-corrected chi connectivity index (χ1v) is 11.0. The fraction of sp³-hybridized carbons (Fsp3) is 0.579. The van der Waals surface area contributed by atoms with Gasteiger partial charge in [0.25, 0.3) is 10.0 Å². The number of nitrogens with zero attached hydrogens (tertiary/aromatic N) is 1. The third-order valence-corrected chi connectivity index (χ3v) is 6.43. The smallest absolute Gasteiger partial charge is 0.262 e. The minimum Gasteiger partial charge on any atom is -0.326 e. The highest BCUT2D eigenvalue weighted by Crippen LogP contribution is 2.25. The number of amides is 1. The Morgan fingerprint density at radius 1 is 0.962 bits per heavy atom. The summed E-state index contributed by atoms with van der Waals surface area (Å²) in [4.78, 5) is 16.8. The van der Waals surface area contributed by atoms with E-state index in [1.165, 1.54) is 18.6 Å². The molecule has 26 heavy (non-hydrogen) atoms. The van der Waals surface area contributed by atoms with Gasteiger partial charge in [0.15, 0.2) is 0 Å². The summed E-state index contributed by atoms with van der Waals surface area (Å²) in [5.41, 5.74) is 0.631. The first-order valence-electron chi connectivity index (χ1n) is 9.52.